The summed E-state index contributed by atoms with van der Waals surface area (Å²) in [5.41, 5.74) is -24.6. The molecule has 0 aliphatic carbocycles. The molecule has 0 amide bonds. The Bertz CT molecular complexity index is 862. The first-order valence-electron chi connectivity index (χ1n) is 5.23. The predicted octanol–water partition coefficient (Wildman–Crippen LogP) is 0.170. The van der Waals surface area contributed by atoms with Gasteiger partial charge in [-0.15, -0.1) is 0 Å². The minimum absolute atomic E-state index is 0. The summed E-state index contributed by atoms with van der Waals surface area (Å²) in [6.07, 6.45) is 0. The zero-order valence-electron chi connectivity index (χ0n) is 13.4. The molecule has 0 aliphatic heterocycles. The Labute approximate surface area is 175 Å². The molecule has 0 aromatic carbocycles. The summed E-state index contributed by atoms with van der Waals surface area (Å²) in [4.78, 5) is 0. The number of alkyl halides is 12. The van der Waals surface area contributed by atoms with Crippen LogP contribution in [0.25, 0.3) is 0 Å². The molecule has 0 aromatic rings. The van der Waals surface area contributed by atoms with Crippen LogP contribution in [0, 0.1) is 0 Å². The molecule has 27 heteroatoms. The van der Waals surface area contributed by atoms with Crippen LogP contribution in [-0.2, 0) is 40.1 Å². The molecule has 0 aromatic heterocycles. The van der Waals surface area contributed by atoms with E-state index in [1.54, 1.807) is 0 Å². The van der Waals surface area contributed by atoms with Crippen molar-refractivity contribution >= 4 is 59.0 Å². The first kappa shape index (κ1) is 35.1. The van der Waals surface area contributed by atoms with Crippen molar-refractivity contribution in [3.63, 3.8) is 0 Å². The molecular formula is C4H2F12LiN2O8S4. The number of halogens is 12. The van der Waals surface area contributed by atoms with Crippen molar-refractivity contribution in [2.24, 2.45) is 0 Å². The van der Waals surface area contributed by atoms with E-state index in [9.17, 15) is 86.4 Å². The molecule has 1 radical (unpaired) electrons. The second-order valence-electron chi connectivity index (χ2n) is 3.96. The van der Waals surface area contributed by atoms with Crippen LogP contribution in [0.3, 0.4) is 0 Å². The molecule has 31 heavy (non-hydrogen) atoms. The Morgan fingerprint density at radius 2 is 0.452 bits per heavy atom. The van der Waals surface area contributed by atoms with Crippen LogP contribution in [0.15, 0.2) is 0 Å². The summed E-state index contributed by atoms with van der Waals surface area (Å²) < 4.78 is 217. The summed E-state index contributed by atoms with van der Waals surface area (Å²) in [6, 6.07) is 0. The van der Waals surface area contributed by atoms with Gasteiger partial charge in [0.05, 0.1) is 0 Å². The molecule has 0 aliphatic rings. The molecule has 10 nitrogen and oxygen atoms in total. The van der Waals surface area contributed by atoms with Gasteiger partial charge in [0, 0.05) is 18.9 Å². The average molecular weight is 569 g/mol. The van der Waals surface area contributed by atoms with Crippen LogP contribution >= 0.6 is 0 Å². The Balaban J connectivity index is -0.000000490. The summed E-state index contributed by atoms with van der Waals surface area (Å²) in [5, 5.41) is 0. The summed E-state index contributed by atoms with van der Waals surface area (Å²) in [7, 11) is -26.4. The number of sulfonamides is 4. The van der Waals surface area contributed by atoms with Crippen LogP contribution in [0.4, 0.5) is 52.7 Å². The van der Waals surface area contributed by atoms with Gasteiger partial charge in [-0.2, -0.15) is 52.7 Å². The van der Waals surface area contributed by atoms with E-state index in [2.05, 4.69) is 0 Å². The maximum atomic E-state index is 11.5. The predicted molar refractivity (Wildman–Crippen MR) is 71.9 cm³/mol. The van der Waals surface area contributed by atoms with Gasteiger partial charge in [0.15, 0.2) is 0 Å². The molecule has 0 rings (SSSR count). The van der Waals surface area contributed by atoms with E-state index < -0.39 is 70.4 Å². The van der Waals surface area contributed by atoms with Crippen LogP contribution in [0.5, 0.6) is 0 Å². The number of hydrogen-bond donors (Lipinski definition) is 2. The standard InChI is InChI=1S/2C2HF6NO4S2.Li/c2*3-1(4,5)14(10,11)9-15(12,13)2(6,7)8;/h2*9H;. The first-order chi connectivity index (χ1) is 12.4. The van der Waals surface area contributed by atoms with E-state index in [1.807, 2.05) is 0 Å². The van der Waals surface area contributed by atoms with Gasteiger partial charge < -0.3 is 0 Å². The Morgan fingerprint density at radius 1 is 0.355 bits per heavy atom. The number of nitrogens with one attached hydrogen (secondary N) is 2. The Morgan fingerprint density at radius 3 is 0.516 bits per heavy atom. The molecule has 2 N–H and O–H groups in total. The molecule has 0 saturated carbocycles. The summed E-state index contributed by atoms with van der Waals surface area (Å²) in [6.45, 7) is 0. The zero-order valence-corrected chi connectivity index (χ0v) is 16.7. The van der Waals surface area contributed by atoms with Gasteiger partial charge in [-0.3, -0.25) is 0 Å². The molecular weight excluding hydrogens is 567 g/mol. The molecule has 185 valence electrons. The normalized spacial score (nSPS) is 14.8. The second-order valence-corrected chi connectivity index (χ2v) is 11.2. The fourth-order valence-electron chi connectivity index (χ4n) is 0.478. The average Bonchev–Trinajstić information content (AvgIpc) is 2.30. The Kier molecular flexibility index (Phi) is 11.0. The van der Waals surface area contributed by atoms with Crippen LogP contribution < -0.4 is 8.25 Å². The molecule has 0 fully saturated rings. The van der Waals surface area contributed by atoms with Crippen LogP contribution in [-0.4, -0.2) is 74.6 Å². The molecule has 0 unspecified atom stereocenters. The SMILES string of the molecule is O=S(=O)(NS(=O)(=O)C(F)(F)F)C(F)(F)F.O=S(=O)(NS(=O)(=O)C(F)(F)F)C(F)(F)F.[Li]. The van der Waals surface area contributed by atoms with Gasteiger partial charge >= 0.3 is 62.1 Å². The van der Waals surface area contributed by atoms with Crippen molar-refractivity contribution in [3.8, 4) is 0 Å². The number of rotatable bonds is 4. The van der Waals surface area contributed by atoms with Gasteiger partial charge in [0.2, 0.25) is 0 Å². The van der Waals surface area contributed by atoms with Crippen LogP contribution in [0.2, 0.25) is 0 Å². The topological polar surface area (TPSA) is 161 Å². The minimum atomic E-state index is -6.60. The van der Waals surface area contributed by atoms with E-state index in [4.69, 9.17) is 0 Å². The van der Waals surface area contributed by atoms with Gasteiger partial charge in [0.25, 0.3) is 0 Å². The van der Waals surface area contributed by atoms with Crippen LogP contribution in [0.1, 0.15) is 0 Å². The summed E-state index contributed by atoms with van der Waals surface area (Å²) in [5.74, 6) is 0. The van der Waals surface area contributed by atoms with Crippen molar-refractivity contribution in [1.29, 1.82) is 0 Å². The van der Waals surface area contributed by atoms with E-state index in [0.29, 0.717) is 0 Å². The van der Waals surface area contributed by atoms with Gasteiger partial charge in [-0.25, -0.2) is 33.7 Å². The maximum absolute atomic E-state index is 11.5. The maximum Gasteiger partial charge on any atom is 0.512 e. The monoisotopic (exact) mass is 569 g/mol. The quantitative estimate of drug-likeness (QED) is 0.358. The van der Waals surface area contributed by atoms with Gasteiger partial charge in [-0.1, -0.05) is 8.25 Å². The van der Waals surface area contributed by atoms with E-state index in [-0.39, 0.29) is 18.9 Å². The second kappa shape index (κ2) is 9.77. The van der Waals surface area contributed by atoms with E-state index in [0.717, 1.165) is 0 Å². The first-order valence-corrected chi connectivity index (χ1v) is 11.2. The van der Waals surface area contributed by atoms with Crippen molar-refractivity contribution in [2.45, 2.75) is 22.0 Å². The van der Waals surface area contributed by atoms with Gasteiger partial charge in [-0.05, 0) is 0 Å². The van der Waals surface area contributed by atoms with Crippen molar-refractivity contribution in [3.05, 3.63) is 0 Å². The van der Waals surface area contributed by atoms with E-state index >= 15 is 0 Å². The fourth-order valence-corrected chi connectivity index (χ4v) is 4.30. The third-order valence-electron chi connectivity index (χ3n) is 1.66. The number of hydrogen-bond acceptors (Lipinski definition) is 8. The third kappa shape index (κ3) is 9.87. The molecule has 0 atom stereocenters. The van der Waals surface area contributed by atoms with Gasteiger partial charge in [0.1, 0.15) is 0 Å². The molecule has 0 heterocycles. The smallest absolute Gasteiger partial charge is 0.202 e. The van der Waals surface area contributed by atoms with Crippen molar-refractivity contribution in [2.75, 3.05) is 0 Å². The summed E-state index contributed by atoms with van der Waals surface area (Å²) >= 11 is 0. The molecule has 0 saturated heterocycles. The van der Waals surface area contributed by atoms with E-state index in [1.165, 1.54) is 0 Å². The third-order valence-corrected chi connectivity index (χ3v) is 7.61. The zero-order chi connectivity index (χ0) is 25.4. The largest absolute Gasteiger partial charge is 0.512 e. The van der Waals surface area contributed by atoms with Crippen molar-refractivity contribution in [1.82, 2.24) is 8.25 Å². The van der Waals surface area contributed by atoms with Crippen molar-refractivity contribution < 1.29 is 86.4 Å². The molecule has 0 bridgehead atoms. The fraction of sp³-hybridized carbons (Fsp3) is 1.00. The minimum Gasteiger partial charge on any atom is -0.202 e. The molecule has 0 spiro atoms. The Hall–Kier alpha value is -0.523.